The minimum atomic E-state index is -0.658. The van der Waals surface area contributed by atoms with E-state index in [1.165, 1.54) is 12.1 Å². The summed E-state index contributed by atoms with van der Waals surface area (Å²) in [7, 11) is 0. The molecule has 0 saturated carbocycles. The molecule has 0 bridgehead atoms. The van der Waals surface area contributed by atoms with Gasteiger partial charge < -0.3 is 9.47 Å². The minimum Gasteiger partial charge on any atom is -0.493 e. The SMILES string of the molecule is [2H]c1c([2H])c([2H])c(C(=O)Cc2cc(OCC)c([N+]#N)cc2OCC)c([2H])c1[2H]. The predicted octanol–water partition coefficient (Wildman–Crippen LogP) is 4.39. The summed E-state index contributed by atoms with van der Waals surface area (Å²) < 4.78 is 49.8. The number of carbonyl (C=O) groups is 1. The second kappa shape index (κ2) is 7.95. The average Bonchev–Trinajstić information content (AvgIpc) is 2.67. The lowest BCUT2D eigenvalue weighted by Gasteiger charge is -2.11. The maximum absolute atomic E-state index is 12.8. The van der Waals surface area contributed by atoms with Crippen molar-refractivity contribution in [2.75, 3.05) is 13.2 Å². The monoisotopic (exact) mass is 316 g/mol. The largest absolute Gasteiger partial charge is 0.493 e. The van der Waals surface area contributed by atoms with Gasteiger partial charge in [0.15, 0.2) is 10.8 Å². The third-order valence-electron chi connectivity index (χ3n) is 2.98. The minimum absolute atomic E-state index is 0.129. The van der Waals surface area contributed by atoms with E-state index in [-0.39, 0.29) is 35.8 Å². The normalized spacial score (nSPS) is 13.0. The van der Waals surface area contributed by atoms with Crippen LogP contribution in [0.1, 0.15) is 36.6 Å². The van der Waals surface area contributed by atoms with E-state index < -0.39 is 36.0 Å². The Morgan fingerprint density at radius 2 is 1.78 bits per heavy atom. The zero-order valence-electron chi connectivity index (χ0n) is 17.9. The Morgan fingerprint density at radius 1 is 1.13 bits per heavy atom. The van der Waals surface area contributed by atoms with E-state index in [1.807, 2.05) is 0 Å². The molecule has 0 amide bonds. The van der Waals surface area contributed by atoms with Gasteiger partial charge in [0.25, 0.3) is 0 Å². The Labute approximate surface area is 142 Å². The van der Waals surface area contributed by atoms with Crippen LogP contribution in [0.15, 0.2) is 42.3 Å². The summed E-state index contributed by atoms with van der Waals surface area (Å²) >= 11 is 0. The van der Waals surface area contributed by atoms with Crippen LogP contribution in [0, 0.1) is 5.39 Å². The van der Waals surface area contributed by atoms with Gasteiger partial charge >= 0.3 is 5.69 Å². The second-order valence-electron chi connectivity index (χ2n) is 4.49. The van der Waals surface area contributed by atoms with E-state index in [9.17, 15) is 4.79 Å². The number of carbonyl (C=O) groups excluding carboxylic acids is 1. The highest BCUT2D eigenvalue weighted by Gasteiger charge is 2.22. The zero-order chi connectivity index (χ0) is 21.0. The highest BCUT2D eigenvalue weighted by molar-refractivity contribution is 5.98. The fraction of sp³-hybridized carbons (Fsp3) is 0.278. The molecule has 2 rings (SSSR count). The van der Waals surface area contributed by atoms with Crippen LogP contribution in [0.4, 0.5) is 5.69 Å². The van der Waals surface area contributed by atoms with Crippen LogP contribution in [-0.4, -0.2) is 19.0 Å². The first-order valence-electron chi connectivity index (χ1n) is 9.64. The number of diazo groups is 1. The fourth-order valence-electron chi connectivity index (χ4n) is 2.02. The maximum atomic E-state index is 12.8. The standard InChI is InChI=1S/C18H19N2O3/c1-3-22-17-12-15(20-19)18(23-4-2)11-14(17)10-16(21)13-8-6-5-7-9-13/h5-9,11-12H,3-4,10H2,1-2H3/q+1/i5D,6D,7D,8D,9D. The molecular formula is C18H19N2O3+. The molecule has 0 atom stereocenters. The third-order valence-corrected chi connectivity index (χ3v) is 2.98. The van der Waals surface area contributed by atoms with Crippen LogP contribution in [0.25, 0.3) is 4.98 Å². The Balaban J connectivity index is 2.55. The summed E-state index contributed by atoms with van der Waals surface area (Å²) in [4.78, 5) is 16.0. The van der Waals surface area contributed by atoms with Crippen molar-refractivity contribution in [3.8, 4) is 11.5 Å². The summed E-state index contributed by atoms with van der Waals surface area (Å²) in [6, 6.07) is 0.0872. The van der Waals surface area contributed by atoms with Gasteiger partial charge in [-0.1, -0.05) is 30.2 Å². The fourth-order valence-corrected chi connectivity index (χ4v) is 2.02. The molecule has 0 aliphatic heterocycles. The molecule has 5 heteroatoms. The molecule has 0 radical (unpaired) electrons. The molecule has 2 aromatic carbocycles. The third kappa shape index (κ3) is 4.07. The van der Waals surface area contributed by atoms with Crippen LogP contribution in [0.5, 0.6) is 11.5 Å². The lowest BCUT2D eigenvalue weighted by Crippen LogP contribution is -2.06. The Morgan fingerprint density at radius 3 is 2.39 bits per heavy atom. The molecule has 2 aromatic rings. The molecule has 0 N–H and O–H groups in total. The molecule has 0 aromatic heterocycles. The molecule has 0 unspecified atom stereocenters. The first-order chi connectivity index (χ1) is 13.3. The number of ether oxygens (including phenoxy) is 2. The smallest absolute Gasteiger partial charge is 0.429 e. The van der Waals surface area contributed by atoms with E-state index in [4.69, 9.17) is 21.7 Å². The number of hydrogen-bond acceptors (Lipinski definition) is 4. The Bertz CT molecular complexity index is 944. The lowest BCUT2D eigenvalue weighted by atomic mass is 10.0. The van der Waals surface area contributed by atoms with Crippen molar-refractivity contribution in [2.45, 2.75) is 20.3 Å². The molecule has 0 aliphatic carbocycles. The molecule has 23 heavy (non-hydrogen) atoms. The molecule has 5 nitrogen and oxygen atoms in total. The first-order valence-corrected chi connectivity index (χ1v) is 7.14. The maximum Gasteiger partial charge on any atom is 0.429 e. The van der Waals surface area contributed by atoms with Gasteiger partial charge in [0, 0.05) is 17.5 Å². The summed E-state index contributed by atoms with van der Waals surface area (Å²) in [5.74, 6) is -0.147. The van der Waals surface area contributed by atoms with E-state index in [2.05, 4.69) is 4.98 Å². The number of Topliss-reactive ketones (excluding diaryl/α,β-unsaturated/α-hetero) is 1. The van der Waals surface area contributed by atoms with Gasteiger partial charge in [-0.25, -0.2) is 0 Å². The van der Waals surface area contributed by atoms with E-state index in [0.717, 1.165) is 0 Å². The quantitative estimate of drug-likeness (QED) is 0.561. The van der Waals surface area contributed by atoms with Crippen molar-refractivity contribution in [1.82, 2.24) is 0 Å². The van der Waals surface area contributed by atoms with Gasteiger partial charge in [0.05, 0.1) is 26.1 Å². The number of rotatable bonds is 7. The van der Waals surface area contributed by atoms with Gasteiger partial charge in [-0.05, 0) is 19.9 Å². The van der Waals surface area contributed by atoms with Crippen molar-refractivity contribution >= 4 is 11.5 Å². The molecule has 0 spiro atoms. The van der Waals surface area contributed by atoms with Crippen LogP contribution in [0.2, 0.25) is 0 Å². The van der Waals surface area contributed by atoms with Gasteiger partial charge in [-0.2, -0.15) is 0 Å². The van der Waals surface area contributed by atoms with E-state index in [0.29, 0.717) is 12.2 Å². The molecule has 0 fully saturated rings. The number of benzene rings is 2. The second-order valence-corrected chi connectivity index (χ2v) is 4.49. The van der Waals surface area contributed by atoms with E-state index >= 15 is 0 Å². The van der Waals surface area contributed by atoms with Crippen LogP contribution < -0.4 is 9.47 Å². The van der Waals surface area contributed by atoms with Crippen molar-refractivity contribution in [2.24, 2.45) is 0 Å². The van der Waals surface area contributed by atoms with Crippen LogP contribution in [0.3, 0.4) is 0 Å². The van der Waals surface area contributed by atoms with Crippen LogP contribution >= 0.6 is 0 Å². The van der Waals surface area contributed by atoms with Crippen molar-refractivity contribution in [3.05, 3.63) is 58.4 Å². The summed E-state index contributed by atoms with van der Waals surface area (Å²) in [6.45, 7) is 4.07. The summed E-state index contributed by atoms with van der Waals surface area (Å²) in [6.07, 6.45) is -0.283. The topological polar surface area (TPSA) is 63.7 Å². The lowest BCUT2D eigenvalue weighted by molar-refractivity contribution is 0.0992. The number of nitrogens with zero attached hydrogens (tertiary/aromatic N) is 2. The van der Waals surface area contributed by atoms with Gasteiger partial charge in [0.2, 0.25) is 11.1 Å². The summed E-state index contributed by atoms with van der Waals surface area (Å²) in [5, 5.41) is 9.16. The zero-order valence-corrected chi connectivity index (χ0v) is 12.9. The molecule has 0 aliphatic rings. The predicted molar refractivity (Wildman–Crippen MR) is 88.0 cm³/mol. The van der Waals surface area contributed by atoms with Gasteiger partial charge in [-0.3, -0.25) is 4.79 Å². The van der Waals surface area contributed by atoms with Crippen molar-refractivity contribution in [1.29, 1.82) is 5.39 Å². The van der Waals surface area contributed by atoms with E-state index in [1.54, 1.807) is 13.8 Å². The summed E-state index contributed by atoms with van der Waals surface area (Å²) in [5.41, 5.74) is 0.126. The number of ketones is 1. The number of hydrogen-bond donors (Lipinski definition) is 0. The van der Waals surface area contributed by atoms with Crippen molar-refractivity contribution in [3.63, 3.8) is 0 Å². The van der Waals surface area contributed by atoms with Crippen molar-refractivity contribution < 1.29 is 21.1 Å². The van der Waals surface area contributed by atoms with Gasteiger partial charge in [0.1, 0.15) is 5.75 Å². The first kappa shape index (κ1) is 10.8. The van der Waals surface area contributed by atoms with Gasteiger partial charge in [-0.15, -0.1) is 0 Å². The Hall–Kier alpha value is -2.87. The van der Waals surface area contributed by atoms with Crippen LogP contribution in [-0.2, 0) is 6.42 Å². The Kier molecular flexibility index (Phi) is 3.73. The average molecular weight is 316 g/mol. The molecule has 118 valence electrons. The highest BCUT2D eigenvalue weighted by atomic mass is 16.5. The molecule has 0 saturated heterocycles. The molecule has 0 heterocycles. The molecular weight excluding hydrogens is 292 g/mol. The highest BCUT2D eigenvalue weighted by Crippen LogP contribution is 2.36.